The molecule has 31 heavy (non-hydrogen) atoms. The van der Waals surface area contributed by atoms with Crippen molar-refractivity contribution in [1.29, 1.82) is 0 Å². The fourth-order valence-electron chi connectivity index (χ4n) is 3.64. The van der Waals surface area contributed by atoms with Crippen LogP contribution in [-0.2, 0) is 0 Å². The number of para-hydroxylation sites is 1. The average molecular weight is 413 g/mol. The lowest BCUT2D eigenvalue weighted by molar-refractivity contribution is 0.0934. The van der Waals surface area contributed by atoms with Crippen LogP contribution in [0.4, 0.5) is 0 Å². The maximum absolute atomic E-state index is 13.3. The van der Waals surface area contributed by atoms with Crippen molar-refractivity contribution in [3.8, 4) is 11.4 Å². The van der Waals surface area contributed by atoms with Gasteiger partial charge in [-0.05, 0) is 38.1 Å². The van der Waals surface area contributed by atoms with Gasteiger partial charge in [0.05, 0.1) is 24.2 Å². The SMILES string of the molecule is COc1ccc(C)cc1C(C)NC(=O)c1nn(-c2ccccc2)c(=O)c2ccccc12. The van der Waals surface area contributed by atoms with Gasteiger partial charge in [-0.25, -0.2) is 0 Å². The summed E-state index contributed by atoms with van der Waals surface area (Å²) < 4.78 is 6.73. The third-order valence-corrected chi connectivity index (χ3v) is 5.22. The summed E-state index contributed by atoms with van der Waals surface area (Å²) in [5, 5.41) is 8.40. The molecular weight excluding hydrogens is 390 g/mol. The van der Waals surface area contributed by atoms with E-state index in [-0.39, 0.29) is 23.2 Å². The van der Waals surface area contributed by atoms with Crippen LogP contribution in [0, 0.1) is 6.92 Å². The maximum Gasteiger partial charge on any atom is 0.279 e. The first-order valence-corrected chi connectivity index (χ1v) is 10.0. The van der Waals surface area contributed by atoms with Gasteiger partial charge >= 0.3 is 0 Å². The van der Waals surface area contributed by atoms with E-state index >= 15 is 0 Å². The minimum atomic E-state index is -0.364. The van der Waals surface area contributed by atoms with Gasteiger partial charge in [-0.15, -0.1) is 0 Å². The van der Waals surface area contributed by atoms with E-state index in [0.717, 1.165) is 11.1 Å². The molecule has 4 aromatic rings. The van der Waals surface area contributed by atoms with Gasteiger partial charge in [-0.1, -0.05) is 54.1 Å². The molecule has 1 heterocycles. The van der Waals surface area contributed by atoms with Crippen molar-refractivity contribution in [2.75, 3.05) is 7.11 Å². The van der Waals surface area contributed by atoms with Crippen molar-refractivity contribution in [3.05, 3.63) is 100.0 Å². The van der Waals surface area contributed by atoms with Crippen LogP contribution in [-0.4, -0.2) is 22.8 Å². The molecular formula is C25H23N3O3. The predicted octanol–water partition coefficient (Wildman–Crippen LogP) is 4.19. The fourth-order valence-corrected chi connectivity index (χ4v) is 3.64. The molecule has 0 spiro atoms. The van der Waals surface area contributed by atoms with Gasteiger partial charge in [0.1, 0.15) is 5.75 Å². The molecule has 156 valence electrons. The first-order chi connectivity index (χ1) is 15.0. The Morgan fingerprint density at radius 1 is 1.00 bits per heavy atom. The van der Waals surface area contributed by atoms with Crippen molar-refractivity contribution in [1.82, 2.24) is 15.1 Å². The quantitative estimate of drug-likeness (QED) is 0.532. The Kier molecular flexibility index (Phi) is 5.54. The molecule has 0 saturated heterocycles. The zero-order chi connectivity index (χ0) is 22.0. The third kappa shape index (κ3) is 3.92. The molecule has 0 aliphatic rings. The largest absolute Gasteiger partial charge is 0.496 e. The number of hydrogen-bond donors (Lipinski definition) is 1. The molecule has 6 nitrogen and oxygen atoms in total. The van der Waals surface area contributed by atoms with Crippen molar-refractivity contribution in [2.45, 2.75) is 19.9 Å². The van der Waals surface area contributed by atoms with Crippen LogP contribution in [0.15, 0.2) is 77.6 Å². The summed E-state index contributed by atoms with van der Waals surface area (Å²) >= 11 is 0. The molecule has 1 N–H and O–H groups in total. The van der Waals surface area contributed by atoms with Gasteiger partial charge in [0, 0.05) is 10.9 Å². The first kappa shape index (κ1) is 20.3. The van der Waals surface area contributed by atoms with E-state index in [1.54, 1.807) is 43.5 Å². The number of ether oxygens (including phenoxy) is 1. The van der Waals surface area contributed by atoms with Gasteiger partial charge in [0.2, 0.25) is 0 Å². The van der Waals surface area contributed by atoms with Crippen molar-refractivity contribution in [3.63, 3.8) is 0 Å². The second-order valence-corrected chi connectivity index (χ2v) is 7.39. The Labute approximate surface area is 180 Å². The minimum absolute atomic E-state index is 0.192. The number of methoxy groups -OCH3 is 1. The standard InChI is InChI=1S/C25H23N3O3/c1-16-13-14-22(31-3)21(15-16)17(2)26-24(29)23-19-11-7-8-12-20(19)25(30)28(27-23)18-9-5-4-6-10-18/h4-15,17H,1-3H3,(H,26,29). The second-order valence-electron chi connectivity index (χ2n) is 7.39. The number of aromatic nitrogens is 2. The summed E-state index contributed by atoms with van der Waals surface area (Å²) in [4.78, 5) is 26.3. The van der Waals surface area contributed by atoms with Crippen molar-refractivity contribution in [2.24, 2.45) is 0 Å². The summed E-state index contributed by atoms with van der Waals surface area (Å²) in [6.07, 6.45) is 0. The third-order valence-electron chi connectivity index (χ3n) is 5.22. The van der Waals surface area contributed by atoms with Crippen LogP contribution < -0.4 is 15.6 Å². The number of rotatable bonds is 5. The van der Waals surface area contributed by atoms with Crippen LogP contribution in [0.25, 0.3) is 16.5 Å². The fraction of sp³-hybridized carbons (Fsp3) is 0.160. The van der Waals surface area contributed by atoms with Gasteiger partial charge < -0.3 is 10.1 Å². The van der Waals surface area contributed by atoms with E-state index in [9.17, 15) is 9.59 Å². The molecule has 1 amide bonds. The van der Waals surface area contributed by atoms with Crippen molar-refractivity contribution < 1.29 is 9.53 Å². The Balaban J connectivity index is 1.79. The summed E-state index contributed by atoms with van der Waals surface area (Å²) in [5.74, 6) is 0.336. The topological polar surface area (TPSA) is 73.2 Å². The number of benzene rings is 3. The highest BCUT2D eigenvalue weighted by Gasteiger charge is 2.21. The normalized spacial score (nSPS) is 11.8. The molecule has 0 aliphatic heterocycles. The molecule has 3 aromatic carbocycles. The molecule has 6 heteroatoms. The van der Waals surface area contributed by atoms with Crippen molar-refractivity contribution >= 4 is 16.7 Å². The lowest BCUT2D eigenvalue weighted by atomic mass is 10.0. The number of carbonyl (C=O) groups excluding carboxylic acids is 1. The lowest BCUT2D eigenvalue weighted by Crippen LogP contribution is -2.31. The van der Waals surface area contributed by atoms with E-state index in [2.05, 4.69) is 10.4 Å². The monoisotopic (exact) mass is 413 g/mol. The van der Waals surface area contributed by atoms with Crippen LogP contribution in [0.5, 0.6) is 5.75 Å². The number of aryl methyl sites for hydroxylation is 1. The van der Waals surface area contributed by atoms with Gasteiger partial charge in [0.25, 0.3) is 11.5 Å². The molecule has 1 aromatic heterocycles. The van der Waals surface area contributed by atoms with Crippen LogP contribution in [0.2, 0.25) is 0 Å². The Morgan fingerprint density at radius 3 is 2.39 bits per heavy atom. The van der Waals surface area contributed by atoms with Crippen LogP contribution in [0.3, 0.4) is 0 Å². The highest BCUT2D eigenvalue weighted by Crippen LogP contribution is 2.26. The van der Waals surface area contributed by atoms with Gasteiger partial charge in [-0.2, -0.15) is 9.78 Å². The first-order valence-electron chi connectivity index (χ1n) is 10.0. The Morgan fingerprint density at radius 2 is 1.68 bits per heavy atom. The van der Waals surface area contributed by atoms with Gasteiger partial charge in [-0.3, -0.25) is 9.59 Å². The zero-order valence-corrected chi connectivity index (χ0v) is 17.6. The van der Waals surface area contributed by atoms with Crippen LogP contribution >= 0.6 is 0 Å². The Bertz CT molecular complexity index is 1310. The molecule has 0 radical (unpaired) electrons. The van der Waals surface area contributed by atoms with E-state index < -0.39 is 0 Å². The predicted molar refractivity (Wildman–Crippen MR) is 121 cm³/mol. The molecule has 4 rings (SSSR count). The summed E-state index contributed by atoms with van der Waals surface area (Å²) in [6, 6.07) is 21.6. The number of nitrogens with zero attached hydrogens (tertiary/aromatic N) is 2. The number of hydrogen-bond acceptors (Lipinski definition) is 4. The summed E-state index contributed by atoms with van der Waals surface area (Å²) in [7, 11) is 1.60. The molecule has 0 aliphatic carbocycles. The zero-order valence-electron chi connectivity index (χ0n) is 17.6. The van der Waals surface area contributed by atoms with Gasteiger partial charge in [0.15, 0.2) is 5.69 Å². The van der Waals surface area contributed by atoms with Crippen LogP contribution in [0.1, 0.15) is 34.6 Å². The summed E-state index contributed by atoms with van der Waals surface area (Å²) in [5.41, 5.74) is 2.46. The van der Waals surface area contributed by atoms with E-state index in [1.165, 1.54) is 4.68 Å². The molecule has 0 bridgehead atoms. The van der Waals surface area contributed by atoms with E-state index in [0.29, 0.717) is 22.2 Å². The Hall–Kier alpha value is -3.93. The maximum atomic E-state index is 13.3. The molecule has 0 fully saturated rings. The minimum Gasteiger partial charge on any atom is -0.496 e. The highest BCUT2D eigenvalue weighted by molar-refractivity contribution is 6.05. The van der Waals surface area contributed by atoms with E-state index in [1.807, 2.05) is 50.2 Å². The number of nitrogens with one attached hydrogen (secondary N) is 1. The number of carbonyl (C=O) groups is 1. The number of fused-ring (bicyclic) bond motifs is 1. The molecule has 1 atom stereocenters. The second kappa shape index (κ2) is 8.44. The number of amides is 1. The smallest absolute Gasteiger partial charge is 0.279 e. The molecule has 1 unspecified atom stereocenters. The molecule has 0 saturated carbocycles. The average Bonchev–Trinajstić information content (AvgIpc) is 2.80. The lowest BCUT2D eigenvalue weighted by Gasteiger charge is -2.18. The summed E-state index contributed by atoms with van der Waals surface area (Å²) in [6.45, 7) is 3.88. The van der Waals surface area contributed by atoms with E-state index in [4.69, 9.17) is 4.74 Å². The highest BCUT2D eigenvalue weighted by atomic mass is 16.5.